The second kappa shape index (κ2) is 6.71. The number of fused-ring (bicyclic) bond motifs is 1. The minimum Gasteiger partial charge on any atom is -0.464 e. The van der Waals surface area contributed by atoms with Crippen molar-refractivity contribution in [3.8, 4) is 11.3 Å². The quantitative estimate of drug-likeness (QED) is 0.422. The molecule has 3 rings (SSSR count). The number of esters is 3. The Morgan fingerprint density at radius 1 is 0.923 bits per heavy atom. The molecule has 0 bridgehead atoms. The lowest BCUT2D eigenvalue weighted by molar-refractivity contribution is -0.609. The highest BCUT2D eigenvalue weighted by Gasteiger charge is 2.37. The predicted octanol–water partition coefficient (Wildman–Crippen LogP) is 0.880. The summed E-state index contributed by atoms with van der Waals surface area (Å²) in [6.07, 6.45) is 0. The van der Waals surface area contributed by atoms with Crippen molar-refractivity contribution >= 4 is 17.9 Å². The van der Waals surface area contributed by atoms with Crippen molar-refractivity contribution < 1.29 is 33.1 Å². The van der Waals surface area contributed by atoms with Gasteiger partial charge in [0.1, 0.15) is 0 Å². The first kappa shape index (κ1) is 17.2. The second-order valence-corrected chi connectivity index (χ2v) is 5.21. The number of nitrogens with one attached hydrogen (secondary N) is 1. The molecule has 0 fully saturated rings. The van der Waals surface area contributed by atoms with Gasteiger partial charge in [-0.1, -0.05) is 30.3 Å². The highest BCUT2D eigenvalue weighted by atomic mass is 16.5. The molecule has 0 saturated heterocycles. The number of benzene rings is 1. The Balaban J connectivity index is 2.43. The molecular formula is C17H16N3O6+. The third-order valence-corrected chi connectivity index (χ3v) is 3.83. The first-order valence-electron chi connectivity index (χ1n) is 7.53. The van der Waals surface area contributed by atoms with Gasteiger partial charge in [0.05, 0.1) is 21.3 Å². The van der Waals surface area contributed by atoms with Crippen LogP contribution in [-0.4, -0.2) is 49.0 Å². The number of nitrogens with zero attached hydrogens (tertiary/aromatic N) is 2. The van der Waals surface area contributed by atoms with Gasteiger partial charge in [0.2, 0.25) is 5.69 Å². The average molecular weight is 358 g/mol. The highest BCUT2D eigenvalue weighted by molar-refractivity contribution is 5.99. The Bertz CT molecular complexity index is 1000. The molecule has 2 heterocycles. The number of rotatable bonds is 4. The first-order chi connectivity index (χ1) is 12.5. The molecule has 1 aromatic carbocycles. The minimum atomic E-state index is -0.781. The largest absolute Gasteiger partial charge is 0.464 e. The Hall–Kier alpha value is -3.62. The van der Waals surface area contributed by atoms with Gasteiger partial charge in [0.15, 0.2) is 5.69 Å². The maximum absolute atomic E-state index is 12.4. The number of carbonyl (C=O) groups excluding carboxylic acids is 3. The van der Waals surface area contributed by atoms with E-state index in [1.165, 1.54) is 30.5 Å². The number of hydrogen-bond acceptors (Lipinski definition) is 6. The van der Waals surface area contributed by atoms with Crippen LogP contribution >= 0.6 is 0 Å². The molecule has 0 spiro atoms. The maximum atomic E-state index is 12.4. The molecule has 0 saturated carbocycles. The lowest BCUT2D eigenvalue weighted by Crippen LogP contribution is -2.36. The zero-order chi connectivity index (χ0) is 18.8. The summed E-state index contributed by atoms with van der Waals surface area (Å²) in [5.41, 5.74) is 1.03. The van der Waals surface area contributed by atoms with Crippen LogP contribution in [0.4, 0.5) is 0 Å². The van der Waals surface area contributed by atoms with Crippen molar-refractivity contribution in [3.05, 3.63) is 53.5 Å². The van der Waals surface area contributed by atoms with Crippen molar-refractivity contribution in [2.75, 3.05) is 21.3 Å². The van der Waals surface area contributed by atoms with Crippen LogP contribution in [0.15, 0.2) is 36.4 Å². The molecule has 0 aliphatic carbocycles. The second-order valence-electron chi connectivity index (χ2n) is 5.21. The summed E-state index contributed by atoms with van der Waals surface area (Å²) >= 11 is 0. The summed E-state index contributed by atoms with van der Waals surface area (Å²) in [5, 5.41) is 2.71. The summed E-state index contributed by atoms with van der Waals surface area (Å²) in [6, 6.07) is 10.6. The van der Waals surface area contributed by atoms with Gasteiger partial charge in [0, 0.05) is 11.6 Å². The standard InChI is InChI=1S/C17H15N3O6/c1-24-15(21)12-9-11(10-7-5-4-6-8-10)19-14(17(23)26-3)13(16(22)25-2)18-20(12)19/h4-9H,1-3H3/p+1. The van der Waals surface area contributed by atoms with E-state index >= 15 is 0 Å². The van der Waals surface area contributed by atoms with Crippen LogP contribution in [0, 0.1) is 0 Å². The van der Waals surface area contributed by atoms with Gasteiger partial charge < -0.3 is 14.2 Å². The number of hydrogen-bond donors (Lipinski definition) is 1. The van der Waals surface area contributed by atoms with Gasteiger partial charge in [-0.2, -0.15) is 5.10 Å². The number of methoxy groups -OCH3 is 3. The van der Waals surface area contributed by atoms with Crippen LogP contribution < -0.4 is 4.52 Å². The number of aromatic nitrogens is 3. The number of aromatic amines is 1. The van der Waals surface area contributed by atoms with Gasteiger partial charge in [-0.3, -0.25) is 0 Å². The fraction of sp³-hybridized carbons (Fsp3) is 0.176. The van der Waals surface area contributed by atoms with Crippen molar-refractivity contribution in [1.29, 1.82) is 0 Å². The first-order valence-corrected chi connectivity index (χ1v) is 7.53. The summed E-state index contributed by atoms with van der Waals surface area (Å²) in [5.74, 6) is -2.20. The van der Waals surface area contributed by atoms with E-state index in [4.69, 9.17) is 14.2 Å². The van der Waals surface area contributed by atoms with Crippen LogP contribution in [-0.2, 0) is 14.2 Å². The molecule has 0 unspecified atom stereocenters. The maximum Gasteiger partial charge on any atom is 0.385 e. The zero-order valence-electron chi connectivity index (χ0n) is 14.3. The van der Waals surface area contributed by atoms with E-state index in [0.29, 0.717) is 11.3 Å². The molecule has 2 aromatic heterocycles. The zero-order valence-corrected chi connectivity index (χ0v) is 14.3. The summed E-state index contributed by atoms with van der Waals surface area (Å²) in [7, 11) is 3.61. The van der Waals surface area contributed by atoms with Gasteiger partial charge in [-0.05, 0) is 4.63 Å². The van der Waals surface area contributed by atoms with Gasteiger partial charge in [0.25, 0.3) is 11.4 Å². The molecule has 0 aliphatic heterocycles. The van der Waals surface area contributed by atoms with E-state index in [1.807, 2.05) is 18.2 Å². The molecule has 3 aromatic rings. The van der Waals surface area contributed by atoms with Crippen molar-refractivity contribution in [2.24, 2.45) is 0 Å². The Kier molecular flexibility index (Phi) is 4.44. The lowest BCUT2D eigenvalue weighted by atomic mass is 10.1. The van der Waals surface area contributed by atoms with E-state index in [-0.39, 0.29) is 17.1 Å². The lowest BCUT2D eigenvalue weighted by Gasteiger charge is -1.98. The van der Waals surface area contributed by atoms with Gasteiger partial charge in [-0.15, -0.1) is 4.52 Å². The smallest absolute Gasteiger partial charge is 0.385 e. The molecule has 0 atom stereocenters. The molecule has 1 N–H and O–H groups in total. The van der Waals surface area contributed by atoms with Gasteiger partial charge >= 0.3 is 17.9 Å². The Labute approximate surface area is 147 Å². The summed E-state index contributed by atoms with van der Waals surface area (Å²) in [4.78, 5) is 36.6. The number of H-pyrrole nitrogens is 1. The molecule has 0 aliphatic rings. The van der Waals surface area contributed by atoms with Crippen molar-refractivity contribution in [3.63, 3.8) is 0 Å². The SMILES string of the molecule is COC(=O)c1[nH]n2c(C(=O)OC)cc(-c3ccccc3)[n+]2c1C(=O)OC. The molecule has 134 valence electrons. The predicted molar refractivity (Wildman–Crippen MR) is 86.9 cm³/mol. The minimum absolute atomic E-state index is 0.0895. The fourth-order valence-corrected chi connectivity index (χ4v) is 2.66. The van der Waals surface area contributed by atoms with Crippen LogP contribution in [0.25, 0.3) is 11.3 Å². The third-order valence-electron chi connectivity index (χ3n) is 3.83. The molecule has 0 radical (unpaired) electrons. The Morgan fingerprint density at radius 2 is 1.54 bits per heavy atom. The van der Waals surface area contributed by atoms with Crippen LogP contribution in [0.5, 0.6) is 0 Å². The topological polar surface area (TPSA) is 103 Å². The average Bonchev–Trinajstić information content (AvgIpc) is 3.24. The van der Waals surface area contributed by atoms with Crippen LogP contribution in [0.2, 0.25) is 0 Å². The third kappa shape index (κ3) is 2.59. The fourth-order valence-electron chi connectivity index (χ4n) is 2.66. The summed E-state index contributed by atoms with van der Waals surface area (Å²) in [6.45, 7) is 0. The van der Waals surface area contributed by atoms with E-state index in [9.17, 15) is 14.4 Å². The van der Waals surface area contributed by atoms with E-state index in [2.05, 4.69) is 5.10 Å². The molecule has 9 heteroatoms. The Morgan fingerprint density at radius 3 is 2.12 bits per heavy atom. The summed E-state index contributed by atoms with van der Waals surface area (Å²) < 4.78 is 16.9. The molecule has 26 heavy (non-hydrogen) atoms. The molecule has 0 amide bonds. The molecule has 9 nitrogen and oxygen atoms in total. The monoisotopic (exact) mass is 358 g/mol. The van der Waals surface area contributed by atoms with Crippen LogP contribution in [0.1, 0.15) is 31.5 Å². The normalized spacial score (nSPS) is 10.6. The number of ether oxygens (including phenoxy) is 3. The highest BCUT2D eigenvalue weighted by Crippen LogP contribution is 2.20. The van der Waals surface area contributed by atoms with E-state index < -0.39 is 17.9 Å². The van der Waals surface area contributed by atoms with E-state index in [0.717, 1.165) is 0 Å². The van der Waals surface area contributed by atoms with Gasteiger partial charge in [-0.25, -0.2) is 14.4 Å². The van der Waals surface area contributed by atoms with Crippen molar-refractivity contribution in [1.82, 2.24) is 9.73 Å². The van der Waals surface area contributed by atoms with Crippen molar-refractivity contribution in [2.45, 2.75) is 0 Å². The molecular weight excluding hydrogens is 342 g/mol. The number of carbonyl (C=O) groups is 3. The van der Waals surface area contributed by atoms with Crippen LogP contribution in [0.3, 0.4) is 0 Å². The van der Waals surface area contributed by atoms with E-state index in [1.54, 1.807) is 18.2 Å².